The number of carbonyl (C=O) groups is 1. The van der Waals surface area contributed by atoms with Crippen LogP contribution in [0.4, 0.5) is 0 Å². The molecule has 2 fully saturated rings. The molecule has 4 nitrogen and oxygen atoms in total. The van der Waals surface area contributed by atoms with Gasteiger partial charge in [0.05, 0.1) is 6.04 Å². The zero-order valence-corrected chi connectivity index (χ0v) is 10.1. The molecular formula is C10H19N3OS. The third kappa shape index (κ3) is 2.86. The highest BCUT2D eigenvalue weighted by Crippen LogP contribution is 2.13. The summed E-state index contributed by atoms with van der Waals surface area (Å²) in [7, 11) is 2.12. The smallest absolute Gasteiger partial charge is 0.240 e. The predicted molar refractivity (Wildman–Crippen MR) is 62.9 cm³/mol. The molecule has 2 rings (SSSR count). The van der Waals surface area contributed by atoms with Crippen LogP contribution in [0.3, 0.4) is 0 Å². The summed E-state index contributed by atoms with van der Waals surface area (Å²) in [5, 5.41) is 3.24. The van der Waals surface area contributed by atoms with Crippen LogP contribution in [0.25, 0.3) is 0 Å². The van der Waals surface area contributed by atoms with Crippen molar-refractivity contribution in [2.45, 2.75) is 12.5 Å². The number of nitrogens with zero attached hydrogens (tertiary/aromatic N) is 2. The molecule has 0 radical (unpaired) electrons. The first-order valence-corrected chi connectivity index (χ1v) is 6.71. The number of rotatable bonds is 1. The maximum Gasteiger partial charge on any atom is 0.240 e. The van der Waals surface area contributed by atoms with Crippen molar-refractivity contribution in [1.29, 1.82) is 0 Å². The minimum absolute atomic E-state index is 0.0680. The van der Waals surface area contributed by atoms with Crippen molar-refractivity contribution in [3.05, 3.63) is 0 Å². The van der Waals surface area contributed by atoms with Crippen LogP contribution in [0.5, 0.6) is 0 Å². The summed E-state index contributed by atoms with van der Waals surface area (Å²) >= 11 is 1.81. The van der Waals surface area contributed by atoms with Crippen LogP contribution in [0.15, 0.2) is 0 Å². The lowest BCUT2D eigenvalue weighted by Crippen LogP contribution is -2.46. The SMILES string of the molecule is CN1CCCN(C(=O)[C@@H]2CSCN2)CC1. The molecule has 5 heteroatoms. The largest absolute Gasteiger partial charge is 0.340 e. The Labute approximate surface area is 95.4 Å². The summed E-state index contributed by atoms with van der Waals surface area (Å²) in [6, 6.07) is 0.0680. The monoisotopic (exact) mass is 229 g/mol. The highest BCUT2D eigenvalue weighted by molar-refractivity contribution is 7.99. The lowest BCUT2D eigenvalue weighted by molar-refractivity contribution is -0.132. The second-order valence-corrected chi connectivity index (χ2v) is 5.28. The molecule has 1 amide bonds. The number of amides is 1. The van der Waals surface area contributed by atoms with E-state index in [4.69, 9.17) is 0 Å². The molecule has 0 saturated carbocycles. The number of hydrogen-bond acceptors (Lipinski definition) is 4. The highest BCUT2D eigenvalue weighted by atomic mass is 32.2. The van der Waals surface area contributed by atoms with Crippen LogP contribution < -0.4 is 5.32 Å². The minimum atomic E-state index is 0.0680. The molecule has 0 aromatic rings. The van der Waals surface area contributed by atoms with Gasteiger partial charge in [-0.2, -0.15) is 0 Å². The maximum atomic E-state index is 12.1. The van der Waals surface area contributed by atoms with Gasteiger partial charge in [0, 0.05) is 31.3 Å². The molecule has 2 aliphatic rings. The van der Waals surface area contributed by atoms with Gasteiger partial charge < -0.3 is 9.80 Å². The summed E-state index contributed by atoms with van der Waals surface area (Å²) in [5.41, 5.74) is 0. The molecule has 15 heavy (non-hydrogen) atoms. The molecule has 0 aromatic heterocycles. The average Bonchev–Trinajstić information content (AvgIpc) is 2.67. The van der Waals surface area contributed by atoms with Gasteiger partial charge in [-0.05, 0) is 20.0 Å². The van der Waals surface area contributed by atoms with E-state index < -0.39 is 0 Å². The number of carbonyl (C=O) groups excluding carboxylic acids is 1. The van der Waals surface area contributed by atoms with Crippen molar-refractivity contribution in [3.8, 4) is 0 Å². The van der Waals surface area contributed by atoms with Crippen molar-refractivity contribution < 1.29 is 4.79 Å². The number of nitrogens with one attached hydrogen (secondary N) is 1. The quantitative estimate of drug-likeness (QED) is 0.676. The van der Waals surface area contributed by atoms with Gasteiger partial charge in [0.1, 0.15) is 0 Å². The van der Waals surface area contributed by atoms with Crippen LogP contribution >= 0.6 is 11.8 Å². The summed E-state index contributed by atoms with van der Waals surface area (Å²) in [4.78, 5) is 16.4. The van der Waals surface area contributed by atoms with E-state index in [-0.39, 0.29) is 6.04 Å². The Morgan fingerprint density at radius 1 is 1.33 bits per heavy atom. The molecule has 86 valence electrons. The van der Waals surface area contributed by atoms with E-state index in [1.807, 2.05) is 16.7 Å². The lowest BCUT2D eigenvalue weighted by atomic mass is 10.2. The van der Waals surface area contributed by atoms with Gasteiger partial charge in [-0.3, -0.25) is 10.1 Å². The number of hydrogen-bond donors (Lipinski definition) is 1. The van der Waals surface area contributed by atoms with E-state index in [1.165, 1.54) is 0 Å². The molecule has 0 spiro atoms. The average molecular weight is 229 g/mol. The standard InChI is InChI=1S/C10H19N3OS/c1-12-3-2-4-13(6-5-12)10(14)9-7-15-8-11-9/h9,11H,2-8H2,1H3/t9-/m0/s1. The Hall–Kier alpha value is -0.260. The topological polar surface area (TPSA) is 35.6 Å². The third-order valence-corrected chi connectivity index (χ3v) is 3.99. The van der Waals surface area contributed by atoms with Gasteiger partial charge in [0.15, 0.2) is 0 Å². The van der Waals surface area contributed by atoms with E-state index >= 15 is 0 Å². The van der Waals surface area contributed by atoms with Gasteiger partial charge >= 0.3 is 0 Å². The Morgan fingerprint density at radius 2 is 2.20 bits per heavy atom. The van der Waals surface area contributed by atoms with Crippen LogP contribution in [-0.2, 0) is 4.79 Å². The van der Waals surface area contributed by atoms with Crippen molar-refractivity contribution in [3.63, 3.8) is 0 Å². The molecule has 0 bridgehead atoms. The first-order chi connectivity index (χ1) is 7.27. The second-order valence-electron chi connectivity index (χ2n) is 4.25. The van der Waals surface area contributed by atoms with Crippen molar-refractivity contribution in [2.75, 3.05) is 44.9 Å². The molecule has 2 heterocycles. The van der Waals surface area contributed by atoms with Gasteiger partial charge in [0.2, 0.25) is 5.91 Å². The molecular weight excluding hydrogens is 210 g/mol. The fourth-order valence-corrected chi connectivity index (χ4v) is 2.97. The van der Waals surface area contributed by atoms with E-state index in [9.17, 15) is 4.79 Å². The van der Waals surface area contributed by atoms with E-state index in [0.29, 0.717) is 5.91 Å². The van der Waals surface area contributed by atoms with Gasteiger partial charge in [-0.25, -0.2) is 0 Å². The predicted octanol–water partition coefficient (Wildman–Crippen LogP) is -0.187. The minimum Gasteiger partial charge on any atom is -0.340 e. The van der Waals surface area contributed by atoms with Crippen molar-refractivity contribution in [2.24, 2.45) is 0 Å². The molecule has 0 aliphatic carbocycles. The van der Waals surface area contributed by atoms with Crippen molar-refractivity contribution in [1.82, 2.24) is 15.1 Å². The van der Waals surface area contributed by atoms with Crippen LogP contribution in [0, 0.1) is 0 Å². The fraction of sp³-hybridized carbons (Fsp3) is 0.900. The Bertz CT molecular complexity index is 231. The van der Waals surface area contributed by atoms with Crippen LogP contribution in [-0.4, -0.2) is 66.6 Å². The first-order valence-electron chi connectivity index (χ1n) is 5.56. The Kier molecular flexibility index (Phi) is 3.88. The molecule has 1 N–H and O–H groups in total. The van der Waals surface area contributed by atoms with Gasteiger partial charge in [-0.15, -0.1) is 11.8 Å². The van der Waals surface area contributed by atoms with Gasteiger partial charge in [0.25, 0.3) is 0 Å². The second kappa shape index (κ2) is 5.18. The van der Waals surface area contributed by atoms with Gasteiger partial charge in [-0.1, -0.05) is 0 Å². The summed E-state index contributed by atoms with van der Waals surface area (Å²) in [6.07, 6.45) is 1.10. The molecule has 0 aromatic carbocycles. The van der Waals surface area contributed by atoms with E-state index in [2.05, 4.69) is 17.3 Å². The van der Waals surface area contributed by atoms with Crippen molar-refractivity contribution >= 4 is 17.7 Å². The summed E-state index contributed by atoms with van der Waals surface area (Å²) in [5.74, 6) is 2.16. The summed E-state index contributed by atoms with van der Waals surface area (Å²) < 4.78 is 0. The maximum absolute atomic E-state index is 12.1. The Morgan fingerprint density at radius 3 is 2.93 bits per heavy atom. The first kappa shape index (κ1) is 11.2. The molecule has 0 unspecified atom stereocenters. The van der Waals surface area contributed by atoms with Crippen LogP contribution in [0.2, 0.25) is 0 Å². The molecule has 2 aliphatic heterocycles. The van der Waals surface area contributed by atoms with E-state index in [0.717, 1.165) is 44.2 Å². The number of likely N-dealkylation sites (N-methyl/N-ethyl adjacent to an activating group) is 1. The summed E-state index contributed by atoms with van der Waals surface area (Å²) in [6.45, 7) is 3.92. The Balaban J connectivity index is 1.88. The molecule has 1 atom stereocenters. The van der Waals surface area contributed by atoms with E-state index in [1.54, 1.807) is 0 Å². The zero-order chi connectivity index (χ0) is 10.7. The van der Waals surface area contributed by atoms with Crippen LogP contribution in [0.1, 0.15) is 6.42 Å². The highest BCUT2D eigenvalue weighted by Gasteiger charge is 2.27. The number of thioether (sulfide) groups is 1. The fourth-order valence-electron chi connectivity index (χ4n) is 2.04. The third-order valence-electron chi connectivity index (χ3n) is 3.05. The lowest BCUT2D eigenvalue weighted by Gasteiger charge is -2.23. The molecule has 2 saturated heterocycles. The zero-order valence-electron chi connectivity index (χ0n) is 9.24. The normalized spacial score (nSPS) is 29.1.